The summed E-state index contributed by atoms with van der Waals surface area (Å²) in [5.41, 5.74) is 7.26. The van der Waals surface area contributed by atoms with Gasteiger partial charge in [-0.05, 0) is 50.6 Å². The molecule has 0 fully saturated rings. The molecular formula is C19H25N3O5. The maximum atomic E-state index is 12.3. The zero-order valence-electron chi connectivity index (χ0n) is 15.3. The van der Waals surface area contributed by atoms with Gasteiger partial charge < -0.3 is 21.3 Å². The maximum absolute atomic E-state index is 12.3. The van der Waals surface area contributed by atoms with Gasteiger partial charge in [0.15, 0.2) is 0 Å². The fraction of sp³-hybridized carbons (Fsp3) is 0.368. The highest BCUT2D eigenvalue weighted by molar-refractivity contribution is 5.97. The van der Waals surface area contributed by atoms with Gasteiger partial charge in [0.2, 0.25) is 0 Å². The summed E-state index contributed by atoms with van der Waals surface area (Å²) in [7, 11) is 0. The summed E-state index contributed by atoms with van der Waals surface area (Å²) in [6.07, 6.45) is 2.73. The van der Waals surface area contributed by atoms with Gasteiger partial charge in [-0.25, -0.2) is 5.48 Å². The van der Waals surface area contributed by atoms with Crippen molar-refractivity contribution in [2.24, 2.45) is 5.73 Å². The number of aliphatic hydroxyl groups excluding tert-OH is 2. The lowest BCUT2D eigenvalue weighted by Gasteiger charge is -2.29. The summed E-state index contributed by atoms with van der Waals surface area (Å²) in [6, 6.07) is 5.28. The van der Waals surface area contributed by atoms with E-state index in [9.17, 15) is 14.7 Å². The van der Waals surface area contributed by atoms with Crippen molar-refractivity contribution in [3.63, 3.8) is 0 Å². The number of hydrogen-bond donors (Lipinski definition) is 6. The lowest BCUT2D eigenvalue weighted by atomic mass is 9.95. The minimum atomic E-state index is -1.12. The second-order valence-electron chi connectivity index (χ2n) is 6.53. The molecule has 1 rings (SSSR count). The third-order valence-electron chi connectivity index (χ3n) is 3.58. The van der Waals surface area contributed by atoms with Gasteiger partial charge in [-0.2, -0.15) is 0 Å². The number of carbonyl (C=O) groups excluding carboxylic acids is 2. The molecule has 0 spiro atoms. The van der Waals surface area contributed by atoms with Crippen molar-refractivity contribution >= 4 is 11.8 Å². The van der Waals surface area contributed by atoms with E-state index in [0.29, 0.717) is 17.5 Å². The average Bonchev–Trinajstić information content (AvgIpc) is 2.64. The first kappa shape index (κ1) is 22.3. The first-order chi connectivity index (χ1) is 12.7. The van der Waals surface area contributed by atoms with E-state index in [0.717, 1.165) is 0 Å². The molecule has 8 nitrogen and oxygen atoms in total. The van der Waals surface area contributed by atoms with E-state index < -0.39 is 29.5 Å². The SMILES string of the molecule is CC(C)(N)[C@H](NC(=O)c1ccc(C#CC=CCC(O)CO)cc1)C(=O)NO. The van der Waals surface area contributed by atoms with Crippen LogP contribution in [0.1, 0.15) is 36.2 Å². The van der Waals surface area contributed by atoms with Gasteiger partial charge in [0, 0.05) is 16.7 Å². The first-order valence-electron chi connectivity index (χ1n) is 8.28. The third kappa shape index (κ3) is 7.60. The molecule has 8 heteroatoms. The normalized spacial score (nSPS) is 13.4. The van der Waals surface area contributed by atoms with Crippen molar-refractivity contribution in [1.82, 2.24) is 10.8 Å². The van der Waals surface area contributed by atoms with Gasteiger partial charge in [0.1, 0.15) is 6.04 Å². The summed E-state index contributed by atoms with van der Waals surface area (Å²) in [6.45, 7) is 2.81. The van der Waals surface area contributed by atoms with E-state index in [4.69, 9.17) is 16.0 Å². The van der Waals surface area contributed by atoms with Gasteiger partial charge in [-0.1, -0.05) is 17.9 Å². The van der Waals surface area contributed by atoms with Crippen molar-refractivity contribution < 1.29 is 25.0 Å². The van der Waals surface area contributed by atoms with Crippen LogP contribution in [0.25, 0.3) is 0 Å². The molecule has 2 amide bonds. The zero-order chi connectivity index (χ0) is 20.4. The van der Waals surface area contributed by atoms with Gasteiger partial charge in [-0.15, -0.1) is 0 Å². The highest BCUT2D eigenvalue weighted by atomic mass is 16.5. The molecule has 1 unspecified atom stereocenters. The van der Waals surface area contributed by atoms with Gasteiger partial charge in [0.25, 0.3) is 11.8 Å². The Labute approximate surface area is 158 Å². The number of allylic oxidation sites excluding steroid dienone is 1. The molecule has 0 bridgehead atoms. The number of nitrogens with two attached hydrogens (primary N) is 1. The Balaban J connectivity index is 2.75. The zero-order valence-corrected chi connectivity index (χ0v) is 15.3. The van der Waals surface area contributed by atoms with Crippen LogP contribution in [0.15, 0.2) is 36.4 Å². The Morgan fingerprint density at radius 3 is 2.44 bits per heavy atom. The Hall–Kier alpha value is -2.70. The van der Waals surface area contributed by atoms with Crippen LogP contribution >= 0.6 is 0 Å². The largest absolute Gasteiger partial charge is 0.394 e. The van der Waals surface area contributed by atoms with Crippen molar-refractivity contribution in [2.45, 2.75) is 38.0 Å². The number of carbonyl (C=O) groups is 2. The van der Waals surface area contributed by atoms with Crippen LogP contribution in [0, 0.1) is 11.8 Å². The molecule has 0 heterocycles. The van der Waals surface area contributed by atoms with E-state index in [1.165, 1.54) is 5.48 Å². The van der Waals surface area contributed by atoms with Crippen LogP contribution < -0.4 is 16.5 Å². The van der Waals surface area contributed by atoms with E-state index >= 15 is 0 Å². The van der Waals surface area contributed by atoms with E-state index in [-0.39, 0.29) is 6.61 Å². The Morgan fingerprint density at radius 2 is 1.93 bits per heavy atom. The fourth-order valence-corrected chi connectivity index (χ4v) is 2.06. The summed E-state index contributed by atoms with van der Waals surface area (Å²) in [5.74, 6) is 4.33. The summed E-state index contributed by atoms with van der Waals surface area (Å²) >= 11 is 0. The highest BCUT2D eigenvalue weighted by Crippen LogP contribution is 2.09. The van der Waals surface area contributed by atoms with Crippen LogP contribution in [-0.4, -0.2) is 51.5 Å². The number of rotatable bonds is 7. The molecular weight excluding hydrogens is 350 g/mol. The van der Waals surface area contributed by atoms with Gasteiger partial charge >= 0.3 is 0 Å². The van der Waals surface area contributed by atoms with Crippen molar-refractivity contribution in [2.75, 3.05) is 6.61 Å². The Morgan fingerprint density at radius 1 is 1.30 bits per heavy atom. The Kier molecular flexibility index (Phi) is 8.65. The molecule has 0 aliphatic rings. The molecule has 0 radical (unpaired) electrons. The number of nitrogens with one attached hydrogen (secondary N) is 2. The molecule has 27 heavy (non-hydrogen) atoms. The highest BCUT2D eigenvalue weighted by Gasteiger charge is 2.33. The third-order valence-corrected chi connectivity index (χ3v) is 3.58. The van der Waals surface area contributed by atoms with Crippen LogP contribution in [-0.2, 0) is 4.79 Å². The summed E-state index contributed by atoms with van der Waals surface area (Å²) in [4.78, 5) is 24.0. The second kappa shape index (κ2) is 10.4. The van der Waals surface area contributed by atoms with E-state index in [1.807, 2.05) is 0 Å². The number of amides is 2. The molecule has 7 N–H and O–H groups in total. The van der Waals surface area contributed by atoms with Crippen molar-refractivity contribution in [3.8, 4) is 11.8 Å². The number of benzene rings is 1. The van der Waals surface area contributed by atoms with Gasteiger partial charge in [-0.3, -0.25) is 14.8 Å². The smallest absolute Gasteiger partial charge is 0.267 e. The van der Waals surface area contributed by atoms with Crippen LogP contribution in [0.2, 0.25) is 0 Å². The quantitative estimate of drug-likeness (QED) is 0.219. The molecule has 1 aromatic carbocycles. The van der Waals surface area contributed by atoms with E-state index in [1.54, 1.807) is 50.3 Å². The van der Waals surface area contributed by atoms with Crippen LogP contribution in [0.5, 0.6) is 0 Å². The number of hydroxylamine groups is 1. The fourth-order valence-electron chi connectivity index (χ4n) is 2.06. The van der Waals surface area contributed by atoms with Crippen molar-refractivity contribution in [1.29, 1.82) is 0 Å². The summed E-state index contributed by atoms with van der Waals surface area (Å²) in [5, 5.41) is 29.2. The summed E-state index contributed by atoms with van der Waals surface area (Å²) < 4.78 is 0. The van der Waals surface area contributed by atoms with Gasteiger partial charge in [0.05, 0.1) is 12.7 Å². The predicted molar refractivity (Wildman–Crippen MR) is 99.6 cm³/mol. The molecule has 146 valence electrons. The monoisotopic (exact) mass is 375 g/mol. The minimum absolute atomic E-state index is 0.302. The predicted octanol–water partition coefficient (Wildman–Crippen LogP) is -0.321. The molecule has 0 aliphatic heterocycles. The standard InChI is InChI=1S/C19H25N3O5/c1-19(2,20)16(18(26)22-27)21-17(25)14-10-8-13(9-11-14)6-4-3-5-7-15(24)12-23/h3,5,8-11,15-16,23-24,27H,7,12,20H2,1-2H3,(H,21,25)(H,22,26)/t15?,16-/m1/s1. The first-order valence-corrected chi connectivity index (χ1v) is 8.28. The maximum Gasteiger partial charge on any atom is 0.267 e. The lowest BCUT2D eigenvalue weighted by molar-refractivity contribution is -0.132. The molecule has 2 atom stereocenters. The molecule has 0 aliphatic carbocycles. The average molecular weight is 375 g/mol. The number of hydrogen-bond acceptors (Lipinski definition) is 6. The van der Waals surface area contributed by atoms with E-state index in [2.05, 4.69) is 17.2 Å². The Bertz CT molecular complexity index is 726. The van der Waals surface area contributed by atoms with Crippen LogP contribution in [0.3, 0.4) is 0 Å². The minimum Gasteiger partial charge on any atom is -0.394 e. The molecule has 0 saturated heterocycles. The molecule has 0 aromatic heterocycles. The van der Waals surface area contributed by atoms with Crippen molar-refractivity contribution in [3.05, 3.63) is 47.5 Å². The second-order valence-corrected chi connectivity index (χ2v) is 6.53. The topological polar surface area (TPSA) is 145 Å². The van der Waals surface area contributed by atoms with Crippen LogP contribution in [0.4, 0.5) is 0 Å². The number of aliphatic hydroxyl groups is 2. The lowest BCUT2D eigenvalue weighted by Crippen LogP contribution is -2.61. The molecule has 1 aromatic rings. The molecule has 0 saturated carbocycles.